The van der Waals surface area contributed by atoms with E-state index in [0.29, 0.717) is 54.6 Å². The highest BCUT2D eigenvalue weighted by Gasteiger charge is 2.34. The number of methoxy groups -OCH3 is 1. The summed E-state index contributed by atoms with van der Waals surface area (Å²) in [6.07, 6.45) is 0. The molecular weight excluding hydrogens is 481 g/mol. The molecule has 0 aliphatic carbocycles. The Morgan fingerprint density at radius 1 is 1.00 bits per heavy atom. The van der Waals surface area contributed by atoms with Gasteiger partial charge in [-0.1, -0.05) is 24.3 Å². The van der Waals surface area contributed by atoms with Gasteiger partial charge >= 0.3 is 0 Å². The number of ether oxygens (including phenoxy) is 1. The number of hydrogen-bond acceptors (Lipinski definition) is 3. The molecular formula is C28H31ClFN3O3. The number of piperazine rings is 1. The van der Waals surface area contributed by atoms with Crippen LogP contribution in [0, 0.1) is 18.2 Å². The molecule has 0 unspecified atom stereocenters. The average molecular weight is 512 g/mol. The first-order valence-corrected chi connectivity index (χ1v) is 12.5. The number of amides is 2. The van der Waals surface area contributed by atoms with E-state index in [9.17, 15) is 14.0 Å². The third kappa shape index (κ3) is 4.85. The first kappa shape index (κ1) is 25.8. The number of rotatable bonds is 6. The van der Waals surface area contributed by atoms with Crippen LogP contribution in [0.5, 0.6) is 5.75 Å². The van der Waals surface area contributed by atoms with Crippen molar-refractivity contribution in [1.82, 2.24) is 14.4 Å². The normalized spacial score (nSPS) is 14.2. The summed E-state index contributed by atoms with van der Waals surface area (Å²) in [7, 11) is 1.59. The highest BCUT2D eigenvalue weighted by molar-refractivity contribution is 6.19. The highest BCUT2D eigenvalue weighted by atomic mass is 35.5. The van der Waals surface area contributed by atoms with Crippen LogP contribution in [-0.2, 0) is 4.79 Å². The maximum atomic E-state index is 14.9. The molecule has 0 N–H and O–H groups in total. The molecule has 3 aromatic rings. The summed E-state index contributed by atoms with van der Waals surface area (Å²) in [6, 6.07) is 15.8. The zero-order chi connectivity index (χ0) is 26.0. The van der Waals surface area contributed by atoms with Gasteiger partial charge in [0.2, 0.25) is 5.91 Å². The van der Waals surface area contributed by atoms with Gasteiger partial charge in [0.1, 0.15) is 11.6 Å². The number of carbonyl (C=O) groups excluding carboxylic acids is 2. The lowest BCUT2D eigenvalue weighted by Crippen LogP contribution is -2.53. The summed E-state index contributed by atoms with van der Waals surface area (Å²) in [5.74, 6) is 0.372. The third-order valence-electron chi connectivity index (χ3n) is 6.70. The van der Waals surface area contributed by atoms with Crippen LogP contribution in [0.1, 0.15) is 29.9 Å². The number of hydrogen-bond donors (Lipinski definition) is 0. The van der Waals surface area contributed by atoms with Gasteiger partial charge in [0, 0.05) is 43.3 Å². The van der Waals surface area contributed by atoms with E-state index in [1.807, 2.05) is 51.1 Å². The van der Waals surface area contributed by atoms with Gasteiger partial charge in [-0.2, -0.15) is 0 Å². The first-order chi connectivity index (χ1) is 17.2. The number of halogens is 2. The Bertz CT molecular complexity index is 1280. The quantitative estimate of drug-likeness (QED) is 0.430. The Morgan fingerprint density at radius 2 is 1.67 bits per heavy atom. The lowest BCUT2D eigenvalue weighted by Gasteiger charge is -2.38. The summed E-state index contributed by atoms with van der Waals surface area (Å²) in [5, 5.41) is 0. The number of alkyl halides is 1. The zero-order valence-electron chi connectivity index (χ0n) is 21.1. The van der Waals surface area contributed by atoms with Crippen molar-refractivity contribution in [2.75, 3.05) is 39.2 Å². The predicted octanol–water partition coefficient (Wildman–Crippen LogP) is 5.15. The second-order valence-electron chi connectivity index (χ2n) is 9.65. The second-order valence-corrected chi connectivity index (χ2v) is 9.92. The minimum absolute atomic E-state index is 0.00760. The molecule has 1 aromatic heterocycles. The van der Waals surface area contributed by atoms with Gasteiger partial charge in [-0.3, -0.25) is 9.59 Å². The highest BCUT2D eigenvalue weighted by Crippen LogP contribution is 2.33. The maximum absolute atomic E-state index is 14.9. The van der Waals surface area contributed by atoms with Gasteiger partial charge in [-0.25, -0.2) is 4.39 Å². The van der Waals surface area contributed by atoms with Crippen LogP contribution in [0.25, 0.3) is 16.9 Å². The second kappa shape index (κ2) is 10.3. The molecule has 190 valence electrons. The van der Waals surface area contributed by atoms with E-state index < -0.39 is 5.41 Å². The molecule has 0 saturated carbocycles. The Labute approximate surface area is 216 Å². The summed E-state index contributed by atoms with van der Waals surface area (Å²) >= 11 is 5.98. The van der Waals surface area contributed by atoms with Crippen molar-refractivity contribution in [3.05, 3.63) is 71.7 Å². The topological polar surface area (TPSA) is 54.8 Å². The Morgan fingerprint density at radius 3 is 2.31 bits per heavy atom. The molecule has 0 atom stereocenters. The number of aromatic nitrogens is 1. The van der Waals surface area contributed by atoms with Gasteiger partial charge in [0.05, 0.1) is 29.5 Å². The third-order valence-corrected chi connectivity index (χ3v) is 7.37. The van der Waals surface area contributed by atoms with Crippen molar-refractivity contribution in [3.63, 3.8) is 0 Å². The molecule has 1 aliphatic heterocycles. The van der Waals surface area contributed by atoms with Crippen LogP contribution in [-0.4, -0.2) is 65.4 Å². The molecule has 1 saturated heterocycles. The van der Waals surface area contributed by atoms with Gasteiger partial charge in [0.25, 0.3) is 5.91 Å². The fourth-order valence-electron chi connectivity index (χ4n) is 4.53. The van der Waals surface area contributed by atoms with Crippen LogP contribution in [0.2, 0.25) is 0 Å². The minimum Gasteiger partial charge on any atom is -0.497 e. The molecule has 6 nitrogen and oxygen atoms in total. The minimum atomic E-state index is -0.646. The molecule has 8 heteroatoms. The molecule has 2 aromatic carbocycles. The van der Waals surface area contributed by atoms with Crippen molar-refractivity contribution in [2.45, 2.75) is 20.8 Å². The van der Waals surface area contributed by atoms with Crippen LogP contribution in [0.4, 0.5) is 4.39 Å². The van der Waals surface area contributed by atoms with Crippen LogP contribution in [0.3, 0.4) is 0 Å². The number of para-hydroxylation sites is 1. The summed E-state index contributed by atoms with van der Waals surface area (Å²) < 4.78 is 22.1. The molecule has 1 aliphatic rings. The van der Waals surface area contributed by atoms with Crippen molar-refractivity contribution >= 4 is 23.4 Å². The molecule has 36 heavy (non-hydrogen) atoms. The molecule has 2 heterocycles. The van der Waals surface area contributed by atoms with Gasteiger partial charge in [-0.05, 0) is 51.1 Å². The Kier molecular flexibility index (Phi) is 7.41. The van der Waals surface area contributed by atoms with E-state index in [-0.39, 0.29) is 23.5 Å². The fraction of sp³-hybridized carbons (Fsp3) is 0.357. The molecule has 2 amide bonds. The molecule has 1 fully saturated rings. The van der Waals surface area contributed by atoms with Crippen molar-refractivity contribution in [3.8, 4) is 22.7 Å². The predicted molar refractivity (Wildman–Crippen MR) is 139 cm³/mol. The smallest absolute Gasteiger partial charge is 0.255 e. The summed E-state index contributed by atoms with van der Waals surface area (Å²) in [5.41, 5.74) is 2.36. The largest absolute Gasteiger partial charge is 0.497 e. The number of carbonyl (C=O) groups is 2. The number of benzene rings is 2. The monoisotopic (exact) mass is 511 g/mol. The van der Waals surface area contributed by atoms with Crippen LogP contribution in [0.15, 0.2) is 54.6 Å². The van der Waals surface area contributed by atoms with Gasteiger partial charge in [0.15, 0.2) is 0 Å². The molecule has 4 rings (SSSR count). The van der Waals surface area contributed by atoms with Crippen LogP contribution < -0.4 is 4.74 Å². The Hall–Kier alpha value is -3.32. The molecule has 0 spiro atoms. The molecule has 0 radical (unpaired) electrons. The van der Waals surface area contributed by atoms with Crippen molar-refractivity contribution < 1.29 is 18.7 Å². The summed E-state index contributed by atoms with van der Waals surface area (Å²) in [6.45, 7) is 7.21. The van der Waals surface area contributed by atoms with Gasteiger partial charge < -0.3 is 19.1 Å². The van der Waals surface area contributed by atoms with E-state index in [4.69, 9.17) is 16.3 Å². The summed E-state index contributed by atoms with van der Waals surface area (Å²) in [4.78, 5) is 30.0. The van der Waals surface area contributed by atoms with Crippen molar-refractivity contribution in [1.29, 1.82) is 0 Å². The van der Waals surface area contributed by atoms with E-state index in [1.165, 1.54) is 6.07 Å². The Balaban J connectivity index is 1.68. The lowest BCUT2D eigenvalue weighted by atomic mass is 9.94. The number of nitrogens with zero attached hydrogens (tertiary/aromatic N) is 3. The maximum Gasteiger partial charge on any atom is 0.255 e. The van der Waals surface area contributed by atoms with E-state index >= 15 is 0 Å². The van der Waals surface area contributed by atoms with E-state index in [0.717, 1.165) is 5.56 Å². The SMILES string of the molecule is COc1cccc(-c2cc(C(=O)N3CCN(C(=O)C(C)(C)CCl)CC3)c(C)n2-c2ccccc2F)c1. The fourth-order valence-corrected chi connectivity index (χ4v) is 4.64. The van der Waals surface area contributed by atoms with E-state index in [2.05, 4.69) is 0 Å². The van der Waals surface area contributed by atoms with Gasteiger partial charge in [-0.15, -0.1) is 11.6 Å². The molecule has 0 bridgehead atoms. The van der Waals surface area contributed by atoms with Crippen molar-refractivity contribution in [2.24, 2.45) is 5.41 Å². The lowest BCUT2D eigenvalue weighted by molar-refractivity contribution is -0.140. The standard InChI is InChI=1S/C28H31ClFN3O3/c1-19-22(26(34)31-12-14-32(15-13-31)27(35)28(2,3)18-29)17-25(20-8-7-9-21(16-20)36-4)33(19)24-11-6-5-10-23(24)30/h5-11,16-17H,12-15,18H2,1-4H3. The average Bonchev–Trinajstić information content (AvgIpc) is 3.24. The zero-order valence-corrected chi connectivity index (χ0v) is 21.8. The van der Waals surface area contributed by atoms with Crippen LogP contribution >= 0.6 is 11.6 Å². The van der Waals surface area contributed by atoms with E-state index in [1.54, 1.807) is 39.7 Å². The first-order valence-electron chi connectivity index (χ1n) is 11.9.